The maximum absolute atomic E-state index is 13.3. The van der Waals surface area contributed by atoms with E-state index in [9.17, 15) is 9.18 Å². The summed E-state index contributed by atoms with van der Waals surface area (Å²) in [7, 11) is 0. The third kappa shape index (κ3) is 3.94. The highest BCUT2D eigenvalue weighted by Gasteiger charge is 2.10. The summed E-state index contributed by atoms with van der Waals surface area (Å²) in [6, 6.07) is 4.30. The maximum atomic E-state index is 13.3. The van der Waals surface area contributed by atoms with Crippen molar-refractivity contribution in [2.75, 3.05) is 12.4 Å². The van der Waals surface area contributed by atoms with Crippen LogP contribution in [0.2, 0.25) is 0 Å². The van der Waals surface area contributed by atoms with Crippen LogP contribution < -0.4 is 5.32 Å². The zero-order valence-corrected chi connectivity index (χ0v) is 10.7. The van der Waals surface area contributed by atoms with Gasteiger partial charge in [-0.2, -0.15) is 0 Å². The van der Waals surface area contributed by atoms with Crippen molar-refractivity contribution in [2.45, 2.75) is 0 Å². The minimum absolute atomic E-state index is 0.0301. The van der Waals surface area contributed by atoms with Crippen LogP contribution >= 0.6 is 27.5 Å². The highest BCUT2D eigenvalue weighted by atomic mass is 79.9. The fourth-order valence-electron chi connectivity index (χ4n) is 1.07. The summed E-state index contributed by atoms with van der Waals surface area (Å²) in [5.41, 5.74) is 0.0301. The number of alkyl halides is 1. The quantitative estimate of drug-likeness (QED) is 0.672. The Morgan fingerprint density at radius 2 is 2.25 bits per heavy atom. The molecule has 1 aromatic rings. The Bertz CT molecular complexity index is 409. The second-order valence-electron chi connectivity index (χ2n) is 2.96. The Hall–Kier alpha value is -0.870. The van der Waals surface area contributed by atoms with Crippen molar-refractivity contribution < 1.29 is 9.18 Å². The third-order valence-electron chi connectivity index (χ3n) is 1.81. The van der Waals surface area contributed by atoms with Gasteiger partial charge in [0.25, 0.3) is 5.91 Å². The van der Waals surface area contributed by atoms with Gasteiger partial charge in [0.15, 0.2) is 0 Å². The molecule has 16 heavy (non-hydrogen) atoms. The number of nitrogens with one attached hydrogen (secondary N) is 1. The first kappa shape index (κ1) is 13.2. The van der Waals surface area contributed by atoms with Gasteiger partial charge in [-0.15, -0.1) is 11.6 Å². The molecule has 0 bridgehead atoms. The molecule has 0 saturated carbocycles. The van der Waals surface area contributed by atoms with Crippen molar-refractivity contribution in [2.24, 2.45) is 0 Å². The Labute approximate surface area is 107 Å². The van der Waals surface area contributed by atoms with E-state index < -0.39 is 11.7 Å². The lowest BCUT2D eigenvalue weighted by molar-refractivity contribution is 0.0954. The van der Waals surface area contributed by atoms with E-state index >= 15 is 0 Å². The number of hydrogen-bond acceptors (Lipinski definition) is 1. The summed E-state index contributed by atoms with van der Waals surface area (Å²) in [5.74, 6) is -0.597. The number of hydrogen-bond donors (Lipinski definition) is 1. The molecule has 0 heterocycles. The summed E-state index contributed by atoms with van der Waals surface area (Å²) < 4.78 is 13.9. The molecule has 0 atom stereocenters. The average Bonchev–Trinajstić information content (AvgIpc) is 2.24. The van der Waals surface area contributed by atoms with Crippen LogP contribution in [0.5, 0.6) is 0 Å². The van der Waals surface area contributed by atoms with E-state index in [2.05, 4.69) is 21.2 Å². The van der Waals surface area contributed by atoms with Crippen LogP contribution in [0.3, 0.4) is 0 Å². The summed E-state index contributed by atoms with van der Waals surface area (Å²) in [5, 5.41) is 2.55. The van der Waals surface area contributed by atoms with Crippen molar-refractivity contribution in [1.29, 1.82) is 0 Å². The van der Waals surface area contributed by atoms with Gasteiger partial charge in [-0.05, 0) is 18.2 Å². The molecule has 1 rings (SSSR count). The second-order valence-corrected chi connectivity index (χ2v) is 4.18. The molecule has 0 saturated heterocycles. The normalized spacial score (nSPS) is 10.7. The number of benzene rings is 1. The van der Waals surface area contributed by atoms with Gasteiger partial charge in [-0.25, -0.2) is 4.39 Å². The molecule has 0 unspecified atom stereocenters. The molecule has 86 valence electrons. The molecule has 1 N–H and O–H groups in total. The van der Waals surface area contributed by atoms with Crippen LogP contribution in [0.15, 0.2) is 34.8 Å². The standard InChI is InChI=1S/C11H10BrClFNO/c12-8-3-4-9(10(14)7-8)11(16)15-6-2-1-5-13/h1-4,7H,5-6H2,(H,15,16)/b2-1+. The van der Waals surface area contributed by atoms with E-state index in [0.29, 0.717) is 16.9 Å². The van der Waals surface area contributed by atoms with Crippen molar-refractivity contribution >= 4 is 33.4 Å². The zero-order valence-electron chi connectivity index (χ0n) is 8.34. The van der Waals surface area contributed by atoms with Gasteiger partial charge in [0.05, 0.1) is 5.56 Å². The molecule has 0 aliphatic rings. The van der Waals surface area contributed by atoms with Gasteiger partial charge >= 0.3 is 0 Å². The van der Waals surface area contributed by atoms with E-state index in [1.54, 1.807) is 18.2 Å². The van der Waals surface area contributed by atoms with Crippen LogP contribution in [0.25, 0.3) is 0 Å². The first-order chi connectivity index (χ1) is 7.65. The van der Waals surface area contributed by atoms with E-state index in [1.807, 2.05) is 0 Å². The van der Waals surface area contributed by atoms with Crippen LogP contribution in [0.1, 0.15) is 10.4 Å². The first-order valence-corrected chi connectivity index (χ1v) is 5.92. The number of carbonyl (C=O) groups excluding carboxylic acids is 1. The summed E-state index contributed by atoms with van der Waals surface area (Å²) >= 11 is 8.53. The van der Waals surface area contributed by atoms with Gasteiger partial charge < -0.3 is 5.32 Å². The average molecular weight is 307 g/mol. The molecule has 0 aromatic heterocycles. The van der Waals surface area contributed by atoms with Crippen LogP contribution in [-0.4, -0.2) is 18.3 Å². The van der Waals surface area contributed by atoms with Crippen molar-refractivity contribution in [1.82, 2.24) is 5.32 Å². The lowest BCUT2D eigenvalue weighted by Gasteiger charge is -2.03. The summed E-state index contributed by atoms with van der Waals surface area (Å²) in [6.45, 7) is 0.334. The monoisotopic (exact) mass is 305 g/mol. The molecule has 5 heteroatoms. The lowest BCUT2D eigenvalue weighted by Crippen LogP contribution is -2.24. The molecule has 0 radical (unpaired) electrons. The van der Waals surface area contributed by atoms with Crippen LogP contribution in [0, 0.1) is 5.82 Å². The van der Waals surface area contributed by atoms with Crippen molar-refractivity contribution in [3.8, 4) is 0 Å². The van der Waals surface area contributed by atoms with E-state index in [4.69, 9.17) is 11.6 Å². The summed E-state index contributed by atoms with van der Waals surface area (Å²) in [4.78, 5) is 11.5. The summed E-state index contributed by atoms with van der Waals surface area (Å²) in [6.07, 6.45) is 3.42. The largest absolute Gasteiger partial charge is 0.348 e. The van der Waals surface area contributed by atoms with E-state index in [1.165, 1.54) is 12.1 Å². The number of carbonyl (C=O) groups is 1. The van der Waals surface area contributed by atoms with Crippen LogP contribution in [0.4, 0.5) is 4.39 Å². The number of rotatable bonds is 4. The first-order valence-electron chi connectivity index (χ1n) is 4.59. The number of amides is 1. The highest BCUT2D eigenvalue weighted by Crippen LogP contribution is 2.14. The SMILES string of the molecule is O=C(NC/C=C/CCl)c1ccc(Br)cc1F. The minimum atomic E-state index is -0.548. The zero-order chi connectivity index (χ0) is 12.0. The highest BCUT2D eigenvalue weighted by molar-refractivity contribution is 9.10. The minimum Gasteiger partial charge on any atom is -0.348 e. The third-order valence-corrected chi connectivity index (χ3v) is 2.48. The molecule has 0 spiro atoms. The second kappa shape index (κ2) is 6.66. The van der Waals surface area contributed by atoms with Crippen molar-refractivity contribution in [3.63, 3.8) is 0 Å². The van der Waals surface area contributed by atoms with Gasteiger partial charge in [0, 0.05) is 16.9 Å². The fourth-order valence-corrected chi connectivity index (χ4v) is 1.53. The lowest BCUT2D eigenvalue weighted by atomic mass is 10.2. The van der Waals surface area contributed by atoms with Gasteiger partial charge in [0.2, 0.25) is 0 Å². The maximum Gasteiger partial charge on any atom is 0.254 e. The van der Waals surface area contributed by atoms with Gasteiger partial charge in [-0.3, -0.25) is 4.79 Å². The molecule has 0 aliphatic heterocycles. The Balaban J connectivity index is 2.63. The Kier molecular flexibility index (Phi) is 5.49. The Morgan fingerprint density at radius 3 is 2.88 bits per heavy atom. The molecular weight excluding hydrogens is 296 g/mol. The van der Waals surface area contributed by atoms with Crippen LogP contribution in [-0.2, 0) is 0 Å². The molecule has 1 aromatic carbocycles. The molecule has 1 amide bonds. The van der Waals surface area contributed by atoms with Gasteiger partial charge in [-0.1, -0.05) is 28.1 Å². The number of halogens is 3. The van der Waals surface area contributed by atoms with E-state index in [-0.39, 0.29) is 5.56 Å². The van der Waals surface area contributed by atoms with Gasteiger partial charge in [0.1, 0.15) is 5.82 Å². The number of allylic oxidation sites excluding steroid dienone is 1. The Morgan fingerprint density at radius 1 is 1.50 bits per heavy atom. The van der Waals surface area contributed by atoms with E-state index in [0.717, 1.165) is 0 Å². The molecule has 0 aliphatic carbocycles. The predicted octanol–water partition coefficient (Wildman–Crippen LogP) is 3.11. The molecule has 0 fully saturated rings. The molecule has 2 nitrogen and oxygen atoms in total. The van der Waals surface area contributed by atoms with Crippen molar-refractivity contribution in [3.05, 3.63) is 46.2 Å². The topological polar surface area (TPSA) is 29.1 Å². The molecular formula is C11H10BrClFNO. The fraction of sp³-hybridized carbons (Fsp3) is 0.182. The predicted molar refractivity (Wildman–Crippen MR) is 66.3 cm³/mol. The smallest absolute Gasteiger partial charge is 0.254 e.